The maximum absolute atomic E-state index is 14.0. The van der Waals surface area contributed by atoms with Crippen LogP contribution < -0.4 is 11.1 Å². The summed E-state index contributed by atoms with van der Waals surface area (Å²) in [5.74, 6) is -3.69. The number of rotatable bonds is 6. The van der Waals surface area contributed by atoms with Crippen molar-refractivity contribution in [1.29, 1.82) is 0 Å². The van der Waals surface area contributed by atoms with Gasteiger partial charge in [-0.3, -0.25) is 24.2 Å². The number of nitrogens with one attached hydrogen (secondary N) is 1. The molecule has 2 aromatic rings. The summed E-state index contributed by atoms with van der Waals surface area (Å²) in [6.45, 7) is 4.35. The Morgan fingerprint density at radius 2 is 2.14 bits per heavy atom. The lowest BCUT2D eigenvalue weighted by molar-refractivity contribution is -0.148. The molecule has 12 heteroatoms. The van der Waals surface area contributed by atoms with Crippen molar-refractivity contribution in [3.63, 3.8) is 0 Å². The Morgan fingerprint density at radius 1 is 1.40 bits per heavy atom. The normalized spacial score (nSPS) is 21.0. The van der Waals surface area contributed by atoms with Gasteiger partial charge in [-0.2, -0.15) is 0 Å². The Labute approximate surface area is 207 Å². The Morgan fingerprint density at radius 3 is 2.83 bits per heavy atom. The van der Waals surface area contributed by atoms with Crippen LogP contribution in [0.2, 0.25) is 0 Å². The summed E-state index contributed by atoms with van der Waals surface area (Å²) < 4.78 is 23.1. The lowest BCUT2D eigenvalue weighted by Crippen LogP contribution is -2.47. The second-order valence-electron chi connectivity index (χ2n) is 8.72. The van der Waals surface area contributed by atoms with E-state index in [0.29, 0.717) is 30.8 Å². The number of hydrazine groups is 1. The number of hydrogen-bond acceptors (Lipinski definition) is 7. The summed E-state index contributed by atoms with van der Waals surface area (Å²) in [5.41, 5.74) is 6.32. The predicted octanol–water partition coefficient (Wildman–Crippen LogP) is 1.22. The zero-order valence-electron chi connectivity index (χ0n) is 20.6. The molecular formula is C23H27FN6O4S. The molecular weight excluding hydrogens is 475 g/mol. The Balaban J connectivity index is 1.53. The number of fused-ring (bicyclic) bond motifs is 2. The van der Waals surface area contributed by atoms with Gasteiger partial charge in [-0.15, -0.1) is 11.3 Å². The van der Waals surface area contributed by atoms with E-state index in [9.17, 15) is 23.6 Å². The molecule has 3 N–H and O–H groups in total. The van der Waals surface area contributed by atoms with Crippen molar-refractivity contribution in [2.75, 3.05) is 26.7 Å². The fourth-order valence-electron chi connectivity index (χ4n) is 4.26. The van der Waals surface area contributed by atoms with Crippen LogP contribution in [0.3, 0.4) is 0 Å². The summed E-state index contributed by atoms with van der Waals surface area (Å²) in [6, 6.07) is 1.66. The second kappa shape index (κ2) is 9.70. The highest BCUT2D eigenvalue weighted by atomic mass is 32.1. The van der Waals surface area contributed by atoms with Crippen molar-refractivity contribution in [2.45, 2.75) is 32.8 Å². The summed E-state index contributed by atoms with van der Waals surface area (Å²) >= 11 is 0.879. The monoisotopic (exact) mass is 503 g/mol. The quantitative estimate of drug-likeness (QED) is 0.610. The van der Waals surface area contributed by atoms with Crippen LogP contribution in [0, 0.1) is 18.7 Å². The maximum Gasteiger partial charge on any atom is 0.282 e. The molecule has 0 saturated carbocycles. The van der Waals surface area contributed by atoms with Crippen LogP contribution in [-0.4, -0.2) is 70.2 Å². The summed E-state index contributed by atoms with van der Waals surface area (Å²) in [7, 11) is 1.49. The second-order valence-corrected chi connectivity index (χ2v) is 9.72. The van der Waals surface area contributed by atoms with Crippen LogP contribution in [0.25, 0.3) is 0 Å². The van der Waals surface area contributed by atoms with Crippen LogP contribution in [-0.2, 0) is 16.1 Å². The molecule has 4 amide bonds. The molecule has 0 spiro atoms. The molecule has 1 fully saturated rings. The number of amides is 4. The molecule has 10 nitrogen and oxygen atoms in total. The van der Waals surface area contributed by atoms with Gasteiger partial charge in [-0.25, -0.2) is 14.4 Å². The molecule has 0 aliphatic carbocycles. The number of benzene rings is 1. The lowest BCUT2D eigenvalue weighted by Gasteiger charge is -2.28. The fourth-order valence-corrected chi connectivity index (χ4v) is 5.17. The summed E-state index contributed by atoms with van der Waals surface area (Å²) in [5, 5.41) is 5.82. The van der Waals surface area contributed by atoms with Crippen molar-refractivity contribution < 1.29 is 24.9 Å². The van der Waals surface area contributed by atoms with Gasteiger partial charge in [0, 0.05) is 33.2 Å². The number of aryl methyl sites for hydroxylation is 1. The van der Waals surface area contributed by atoms with E-state index in [4.69, 9.17) is 7.10 Å². The van der Waals surface area contributed by atoms with E-state index in [1.807, 2.05) is 0 Å². The Bertz CT molecular complexity index is 1260. The number of thiazole rings is 1. The Hall–Kier alpha value is -3.38. The fraction of sp³-hybridized carbons (Fsp3) is 0.435. The van der Waals surface area contributed by atoms with Crippen molar-refractivity contribution in [3.8, 4) is 0 Å². The van der Waals surface area contributed by atoms with Gasteiger partial charge < -0.3 is 16.0 Å². The SMILES string of the molecule is [2H][C@]1(NC(=O)[C@H](C)CN(C)C(=O)c2nc(C)c(C(N)=O)s2)C(=O)N2CCCN2Cc2cc(F)ccc21. The van der Waals surface area contributed by atoms with Gasteiger partial charge in [0.1, 0.15) is 16.7 Å². The number of aromatic nitrogens is 1. The van der Waals surface area contributed by atoms with Gasteiger partial charge >= 0.3 is 0 Å². The van der Waals surface area contributed by atoms with Crippen molar-refractivity contribution in [1.82, 2.24) is 25.2 Å². The summed E-state index contributed by atoms with van der Waals surface area (Å²) in [4.78, 5) is 56.5. The van der Waals surface area contributed by atoms with E-state index in [-0.39, 0.29) is 28.5 Å². The number of hydrogen-bond donors (Lipinski definition) is 2. The average molecular weight is 504 g/mol. The molecule has 0 unspecified atom stereocenters. The zero-order valence-corrected chi connectivity index (χ0v) is 20.4. The van der Waals surface area contributed by atoms with Gasteiger partial charge in [0.2, 0.25) is 5.91 Å². The highest BCUT2D eigenvalue weighted by Gasteiger charge is 2.39. The van der Waals surface area contributed by atoms with E-state index in [2.05, 4.69) is 10.3 Å². The minimum absolute atomic E-state index is 0.0361. The molecule has 1 aromatic heterocycles. The van der Waals surface area contributed by atoms with Crippen LogP contribution in [0.15, 0.2) is 18.2 Å². The largest absolute Gasteiger partial charge is 0.365 e. The third-order valence-electron chi connectivity index (χ3n) is 6.06. The van der Waals surface area contributed by atoms with Crippen LogP contribution >= 0.6 is 11.3 Å². The van der Waals surface area contributed by atoms with Crippen LogP contribution in [0.1, 0.15) is 57.0 Å². The zero-order chi connectivity index (χ0) is 26.4. The number of carbonyl (C=O) groups excluding carboxylic acids is 4. The maximum atomic E-state index is 14.0. The third kappa shape index (κ3) is 4.89. The van der Waals surface area contributed by atoms with Gasteiger partial charge in [-0.05, 0) is 36.6 Å². The van der Waals surface area contributed by atoms with E-state index < -0.39 is 41.4 Å². The first-order valence-electron chi connectivity index (χ1n) is 11.6. The standard InChI is InChI=1S/C23H27FN6O4S/c1-12(10-28(3)23(34)21-26-13(2)18(35-21)19(25)31)20(32)27-17-16-6-5-15(24)9-14(16)11-29-7-4-8-30(29)22(17)33/h5-6,9,12,17H,4,7-8,10-11H2,1-3H3,(H2,25,31)(H,27,32)/t12-,17-/m1/s1/i17D. The van der Waals surface area contributed by atoms with Crippen LogP contribution in [0.5, 0.6) is 0 Å². The molecule has 2 atom stereocenters. The molecule has 2 aliphatic heterocycles. The van der Waals surface area contributed by atoms with E-state index in [1.54, 1.807) is 18.9 Å². The van der Waals surface area contributed by atoms with Gasteiger partial charge in [0.25, 0.3) is 17.7 Å². The molecule has 186 valence electrons. The van der Waals surface area contributed by atoms with Gasteiger partial charge in [-0.1, -0.05) is 13.0 Å². The predicted molar refractivity (Wildman–Crippen MR) is 126 cm³/mol. The number of nitrogens with two attached hydrogens (primary N) is 1. The Kier molecular flexibility index (Phi) is 6.48. The average Bonchev–Trinajstić information content (AvgIpc) is 3.42. The van der Waals surface area contributed by atoms with Crippen LogP contribution in [0.4, 0.5) is 4.39 Å². The number of nitrogens with zero attached hydrogens (tertiary/aromatic N) is 4. The molecule has 4 rings (SSSR count). The molecule has 0 bridgehead atoms. The number of halogens is 1. The van der Waals surface area contributed by atoms with Gasteiger partial charge in [0.15, 0.2) is 5.01 Å². The molecule has 1 saturated heterocycles. The van der Waals surface area contributed by atoms with E-state index in [1.165, 1.54) is 35.2 Å². The minimum Gasteiger partial charge on any atom is -0.365 e. The first-order valence-corrected chi connectivity index (χ1v) is 11.9. The van der Waals surface area contributed by atoms with Gasteiger partial charge in [0.05, 0.1) is 13.0 Å². The third-order valence-corrected chi connectivity index (χ3v) is 7.22. The molecule has 3 heterocycles. The van der Waals surface area contributed by atoms with Crippen molar-refractivity contribution >= 4 is 35.0 Å². The molecule has 1 aromatic carbocycles. The first-order chi connectivity index (χ1) is 16.9. The summed E-state index contributed by atoms with van der Waals surface area (Å²) in [6.07, 6.45) is 0.706. The topological polar surface area (TPSA) is 129 Å². The van der Waals surface area contributed by atoms with E-state index >= 15 is 0 Å². The minimum atomic E-state index is -2.15. The first kappa shape index (κ1) is 23.4. The van der Waals surface area contributed by atoms with E-state index in [0.717, 1.165) is 11.3 Å². The highest BCUT2D eigenvalue weighted by molar-refractivity contribution is 7.15. The lowest BCUT2D eigenvalue weighted by atomic mass is 9.98. The molecule has 0 radical (unpaired) electrons. The smallest absolute Gasteiger partial charge is 0.282 e. The number of primary amides is 1. The van der Waals surface area contributed by atoms with Crippen molar-refractivity contribution in [3.05, 3.63) is 50.7 Å². The highest BCUT2D eigenvalue weighted by Crippen LogP contribution is 2.30. The number of carbonyl (C=O) groups is 4. The molecule has 2 aliphatic rings. The molecule has 35 heavy (non-hydrogen) atoms. The van der Waals surface area contributed by atoms with Crippen molar-refractivity contribution in [2.24, 2.45) is 11.7 Å².